The molecule has 0 aliphatic carbocycles. The molecule has 3 N–H and O–H groups in total. The van der Waals surface area contributed by atoms with Crippen molar-refractivity contribution < 1.29 is 8.42 Å². The van der Waals surface area contributed by atoms with Gasteiger partial charge in [0.25, 0.3) is 10.0 Å². The third kappa shape index (κ3) is 2.77. The first-order valence-electron chi connectivity index (χ1n) is 5.63. The van der Waals surface area contributed by atoms with Crippen molar-refractivity contribution in [2.75, 3.05) is 5.73 Å². The summed E-state index contributed by atoms with van der Waals surface area (Å²) in [7, 11) is -3.63. The summed E-state index contributed by atoms with van der Waals surface area (Å²) >= 11 is 0. The summed E-state index contributed by atoms with van der Waals surface area (Å²) in [6.45, 7) is 3.38. The molecule has 0 aliphatic heterocycles. The molecule has 19 heavy (non-hydrogen) atoms. The standard InChI is InChI=1S/C14H14N2O2S/c1-2-16-19(17,18)14-9-8-12(15)10-13(14)11-6-4-3-5-7-11/h2-10,16H,1,15H2. The maximum Gasteiger partial charge on any atom is 0.262 e. The average molecular weight is 274 g/mol. The number of hydrogen-bond acceptors (Lipinski definition) is 3. The van der Waals surface area contributed by atoms with Crippen molar-refractivity contribution in [2.24, 2.45) is 0 Å². The fraction of sp³-hybridized carbons (Fsp3) is 0. The Morgan fingerprint density at radius 2 is 1.79 bits per heavy atom. The minimum absolute atomic E-state index is 0.174. The molecule has 0 radical (unpaired) electrons. The monoisotopic (exact) mass is 274 g/mol. The first-order valence-corrected chi connectivity index (χ1v) is 7.11. The van der Waals surface area contributed by atoms with Gasteiger partial charge in [0.05, 0.1) is 4.90 Å². The van der Waals surface area contributed by atoms with Crippen molar-refractivity contribution in [3.05, 3.63) is 61.3 Å². The molecule has 2 rings (SSSR count). The normalized spacial score (nSPS) is 10.9. The van der Waals surface area contributed by atoms with Gasteiger partial charge in [0.15, 0.2) is 0 Å². The molecule has 0 bridgehead atoms. The Labute approximate surface area is 112 Å². The Kier molecular flexibility index (Phi) is 3.57. The lowest BCUT2D eigenvalue weighted by atomic mass is 10.1. The molecule has 4 nitrogen and oxygen atoms in total. The fourth-order valence-electron chi connectivity index (χ4n) is 1.80. The lowest BCUT2D eigenvalue weighted by Crippen LogP contribution is -2.18. The molecular formula is C14H14N2O2S. The zero-order valence-corrected chi connectivity index (χ0v) is 11.0. The number of rotatable bonds is 4. The number of nitrogens with one attached hydrogen (secondary N) is 1. The van der Waals surface area contributed by atoms with E-state index in [4.69, 9.17) is 5.73 Å². The van der Waals surface area contributed by atoms with E-state index in [1.165, 1.54) is 6.07 Å². The topological polar surface area (TPSA) is 72.2 Å². The molecule has 0 saturated heterocycles. The largest absolute Gasteiger partial charge is 0.399 e. The van der Waals surface area contributed by atoms with Crippen molar-refractivity contribution in [2.45, 2.75) is 4.90 Å². The molecule has 0 unspecified atom stereocenters. The Morgan fingerprint density at radius 1 is 1.11 bits per heavy atom. The van der Waals surface area contributed by atoms with Gasteiger partial charge in [-0.2, -0.15) is 0 Å². The van der Waals surface area contributed by atoms with E-state index in [1.54, 1.807) is 12.1 Å². The first-order chi connectivity index (χ1) is 9.04. The SMILES string of the molecule is C=CNS(=O)(=O)c1ccc(N)cc1-c1ccccc1. The quantitative estimate of drug-likeness (QED) is 0.841. The van der Waals surface area contributed by atoms with Crippen molar-refractivity contribution in [3.8, 4) is 11.1 Å². The molecule has 98 valence electrons. The summed E-state index contributed by atoms with van der Waals surface area (Å²) in [4.78, 5) is 0.174. The van der Waals surface area contributed by atoms with Gasteiger partial charge in [0, 0.05) is 17.5 Å². The third-order valence-electron chi connectivity index (χ3n) is 2.62. The minimum atomic E-state index is -3.63. The predicted octanol–water partition coefficient (Wildman–Crippen LogP) is 2.36. The molecule has 0 atom stereocenters. The number of sulfonamides is 1. The lowest BCUT2D eigenvalue weighted by molar-refractivity contribution is 0.591. The van der Waals surface area contributed by atoms with Crippen LogP contribution in [0, 0.1) is 0 Å². The van der Waals surface area contributed by atoms with E-state index >= 15 is 0 Å². The van der Waals surface area contributed by atoms with Crippen LogP contribution in [0.1, 0.15) is 0 Å². The second-order valence-electron chi connectivity index (χ2n) is 3.95. The molecule has 0 amide bonds. The molecule has 2 aromatic rings. The number of hydrogen-bond donors (Lipinski definition) is 2. The van der Waals surface area contributed by atoms with Gasteiger partial charge in [-0.3, -0.25) is 4.72 Å². The molecule has 0 aromatic heterocycles. The van der Waals surface area contributed by atoms with E-state index in [2.05, 4.69) is 11.3 Å². The summed E-state index contributed by atoms with van der Waals surface area (Å²) < 4.78 is 26.5. The molecule has 0 aliphatic rings. The summed E-state index contributed by atoms with van der Waals surface area (Å²) in [5.41, 5.74) is 7.61. The molecule has 2 aromatic carbocycles. The Hall–Kier alpha value is -2.27. The van der Waals surface area contributed by atoms with Crippen molar-refractivity contribution in [1.29, 1.82) is 0 Å². The van der Waals surface area contributed by atoms with Crippen molar-refractivity contribution in [1.82, 2.24) is 4.72 Å². The maximum atomic E-state index is 12.1. The number of nitrogen functional groups attached to an aromatic ring is 1. The van der Waals surface area contributed by atoms with E-state index in [0.29, 0.717) is 11.3 Å². The smallest absolute Gasteiger partial charge is 0.262 e. The van der Waals surface area contributed by atoms with E-state index in [0.717, 1.165) is 11.8 Å². The zero-order valence-electron chi connectivity index (χ0n) is 10.2. The van der Waals surface area contributed by atoms with Crippen LogP contribution in [0.25, 0.3) is 11.1 Å². The molecule has 0 fully saturated rings. The van der Waals surface area contributed by atoms with E-state index in [-0.39, 0.29) is 4.90 Å². The Bertz CT molecular complexity index is 695. The first kappa shape index (κ1) is 13.2. The Balaban J connectivity index is 2.67. The maximum absolute atomic E-state index is 12.1. The van der Waals surface area contributed by atoms with E-state index < -0.39 is 10.0 Å². The van der Waals surface area contributed by atoms with Crippen LogP contribution < -0.4 is 10.5 Å². The highest BCUT2D eigenvalue weighted by Crippen LogP contribution is 2.29. The van der Waals surface area contributed by atoms with Gasteiger partial charge in [-0.05, 0) is 23.8 Å². The highest BCUT2D eigenvalue weighted by Gasteiger charge is 2.18. The highest BCUT2D eigenvalue weighted by molar-refractivity contribution is 7.89. The molecule has 0 spiro atoms. The fourth-order valence-corrected chi connectivity index (χ4v) is 2.86. The van der Waals surface area contributed by atoms with Gasteiger partial charge in [0.1, 0.15) is 0 Å². The number of anilines is 1. The zero-order chi connectivity index (χ0) is 13.9. The summed E-state index contributed by atoms with van der Waals surface area (Å²) in [5, 5.41) is 0. The second kappa shape index (κ2) is 5.16. The van der Waals surface area contributed by atoms with Crippen LogP contribution in [-0.2, 0) is 10.0 Å². The van der Waals surface area contributed by atoms with Gasteiger partial charge in [-0.25, -0.2) is 8.42 Å². The molecule has 5 heteroatoms. The van der Waals surface area contributed by atoms with Crippen LogP contribution in [-0.4, -0.2) is 8.42 Å². The Morgan fingerprint density at radius 3 is 2.42 bits per heavy atom. The highest BCUT2D eigenvalue weighted by atomic mass is 32.2. The van der Waals surface area contributed by atoms with Gasteiger partial charge in [0.2, 0.25) is 0 Å². The van der Waals surface area contributed by atoms with Crippen LogP contribution in [0.5, 0.6) is 0 Å². The van der Waals surface area contributed by atoms with Gasteiger partial charge in [-0.15, -0.1) is 0 Å². The van der Waals surface area contributed by atoms with Crippen LogP contribution in [0.3, 0.4) is 0 Å². The van der Waals surface area contributed by atoms with Gasteiger partial charge >= 0.3 is 0 Å². The van der Waals surface area contributed by atoms with E-state index in [1.807, 2.05) is 30.3 Å². The summed E-state index contributed by atoms with van der Waals surface area (Å²) in [5.74, 6) is 0. The van der Waals surface area contributed by atoms with Crippen LogP contribution in [0.4, 0.5) is 5.69 Å². The van der Waals surface area contributed by atoms with E-state index in [9.17, 15) is 8.42 Å². The number of nitrogens with two attached hydrogens (primary N) is 1. The summed E-state index contributed by atoms with van der Waals surface area (Å²) in [6, 6.07) is 13.9. The minimum Gasteiger partial charge on any atom is -0.399 e. The lowest BCUT2D eigenvalue weighted by Gasteiger charge is -2.11. The van der Waals surface area contributed by atoms with Crippen LogP contribution in [0.2, 0.25) is 0 Å². The molecule has 0 saturated carbocycles. The van der Waals surface area contributed by atoms with Gasteiger partial charge in [-0.1, -0.05) is 36.9 Å². The molecule has 0 heterocycles. The predicted molar refractivity (Wildman–Crippen MR) is 76.8 cm³/mol. The van der Waals surface area contributed by atoms with Gasteiger partial charge < -0.3 is 5.73 Å². The average Bonchev–Trinajstić information content (AvgIpc) is 2.39. The third-order valence-corrected chi connectivity index (χ3v) is 4.03. The van der Waals surface area contributed by atoms with Crippen molar-refractivity contribution >= 4 is 15.7 Å². The molecular weight excluding hydrogens is 260 g/mol. The summed E-state index contributed by atoms with van der Waals surface area (Å²) in [6.07, 6.45) is 1.14. The second-order valence-corrected chi connectivity index (χ2v) is 5.63. The van der Waals surface area contributed by atoms with Crippen molar-refractivity contribution in [3.63, 3.8) is 0 Å². The number of benzene rings is 2. The van der Waals surface area contributed by atoms with Crippen LogP contribution >= 0.6 is 0 Å². The van der Waals surface area contributed by atoms with Crippen LogP contribution in [0.15, 0.2) is 66.2 Å².